The third-order valence-electron chi connectivity index (χ3n) is 3.18. The van der Waals surface area contributed by atoms with Crippen LogP contribution < -0.4 is 5.32 Å². The van der Waals surface area contributed by atoms with E-state index in [-0.39, 0.29) is 0 Å². The largest absolute Gasteiger partial charge is 0.380 e. The summed E-state index contributed by atoms with van der Waals surface area (Å²) in [5, 5.41) is 3.40. The van der Waals surface area contributed by atoms with Crippen molar-refractivity contribution < 1.29 is 0 Å². The lowest BCUT2D eigenvalue weighted by molar-refractivity contribution is 0.715. The maximum Gasteiger partial charge on any atom is 0.0540 e. The number of nitrogens with zero attached hydrogens (tertiary/aromatic N) is 2. The fourth-order valence-electron chi connectivity index (χ4n) is 2.24. The molecule has 0 fully saturated rings. The van der Waals surface area contributed by atoms with Crippen molar-refractivity contribution in [3.8, 4) is 0 Å². The fourth-order valence-corrected chi connectivity index (χ4v) is 2.61. The lowest BCUT2D eigenvalue weighted by atomic mass is 10.2. The van der Waals surface area contributed by atoms with E-state index in [2.05, 4.69) is 57.6 Å². The Bertz CT molecular complexity index is 546. The zero-order chi connectivity index (χ0) is 13.1. The van der Waals surface area contributed by atoms with Crippen molar-refractivity contribution in [3.63, 3.8) is 0 Å². The number of halogens is 1. The number of rotatable bonds is 4. The molecule has 0 aromatic carbocycles. The van der Waals surface area contributed by atoms with Gasteiger partial charge >= 0.3 is 0 Å². The van der Waals surface area contributed by atoms with Crippen molar-refractivity contribution in [1.82, 2.24) is 9.55 Å². The van der Waals surface area contributed by atoms with Crippen LogP contribution in [0.1, 0.15) is 23.9 Å². The number of hydrogen-bond donors (Lipinski definition) is 1. The van der Waals surface area contributed by atoms with Crippen LogP contribution in [0.15, 0.2) is 29.0 Å². The van der Waals surface area contributed by atoms with Crippen LogP contribution in [0.25, 0.3) is 0 Å². The van der Waals surface area contributed by atoms with Crippen LogP contribution in [-0.4, -0.2) is 9.55 Å². The second kappa shape index (κ2) is 5.57. The smallest absolute Gasteiger partial charge is 0.0540 e. The first-order valence-corrected chi connectivity index (χ1v) is 6.91. The summed E-state index contributed by atoms with van der Waals surface area (Å²) in [5.41, 5.74) is 5.03. The van der Waals surface area contributed by atoms with Crippen LogP contribution in [0.5, 0.6) is 0 Å². The maximum absolute atomic E-state index is 4.14. The molecule has 0 amide bonds. The summed E-state index contributed by atoms with van der Waals surface area (Å²) >= 11 is 3.42. The van der Waals surface area contributed by atoms with Crippen LogP contribution in [0.2, 0.25) is 0 Å². The molecule has 0 saturated heterocycles. The maximum atomic E-state index is 4.14. The van der Waals surface area contributed by atoms with Crippen molar-refractivity contribution in [3.05, 3.63) is 46.0 Å². The Kier molecular flexibility index (Phi) is 4.07. The Morgan fingerprint density at radius 2 is 2.06 bits per heavy atom. The normalized spacial score (nSPS) is 10.7. The summed E-state index contributed by atoms with van der Waals surface area (Å²) in [6.07, 6.45) is 3.62. The number of aryl methyl sites for hydroxylation is 1. The van der Waals surface area contributed by atoms with E-state index in [4.69, 9.17) is 0 Å². The highest BCUT2D eigenvalue weighted by molar-refractivity contribution is 9.10. The van der Waals surface area contributed by atoms with Gasteiger partial charge in [-0.25, -0.2) is 0 Å². The molecule has 0 spiro atoms. The lowest BCUT2D eigenvalue weighted by Gasteiger charge is -2.08. The molecule has 0 aliphatic carbocycles. The summed E-state index contributed by atoms with van der Waals surface area (Å²) in [5.74, 6) is 0. The van der Waals surface area contributed by atoms with Crippen molar-refractivity contribution in [2.24, 2.45) is 0 Å². The molecule has 2 heterocycles. The molecule has 4 heteroatoms. The van der Waals surface area contributed by atoms with Gasteiger partial charge in [0, 0.05) is 35.1 Å². The molecule has 0 atom stereocenters. The van der Waals surface area contributed by atoms with Gasteiger partial charge in [-0.1, -0.05) is 0 Å². The predicted molar refractivity (Wildman–Crippen MR) is 78.8 cm³/mol. The van der Waals surface area contributed by atoms with Gasteiger partial charge in [-0.15, -0.1) is 0 Å². The van der Waals surface area contributed by atoms with Crippen LogP contribution in [0.4, 0.5) is 5.69 Å². The number of pyridine rings is 1. The van der Waals surface area contributed by atoms with Gasteiger partial charge in [0.25, 0.3) is 0 Å². The predicted octanol–water partition coefficient (Wildman–Crippen LogP) is 3.89. The van der Waals surface area contributed by atoms with Gasteiger partial charge in [-0.05, 0) is 54.4 Å². The Morgan fingerprint density at radius 3 is 2.67 bits per heavy atom. The molecule has 0 aliphatic heterocycles. The molecule has 0 aliphatic rings. The summed E-state index contributed by atoms with van der Waals surface area (Å²) in [4.78, 5) is 4.14. The third-order valence-corrected chi connectivity index (χ3v) is 3.62. The Labute approximate surface area is 116 Å². The van der Waals surface area contributed by atoms with Crippen molar-refractivity contribution in [2.45, 2.75) is 33.9 Å². The van der Waals surface area contributed by atoms with E-state index in [1.807, 2.05) is 12.3 Å². The van der Waals surface area contributed by atoms with Crippen LogP contribution >= 0.6 is 15.9 Å². The molecule has 96 valence electrons. The molecule has 3 nitrogen and oxygen atoms in total. The Morgan fingerprint density at radius 1 is 1.28 bits per heavy atom. The number of aromatic nitrogens is 2. The van der Waals surface area contributed by atoms with Gasteiger partial charge in [0.2, 0.25) is 0 Å². The second-order valence-corrected chi connectivity index (χ2v) is 5.30. The van der Waals surface area contributed by atoms with E-state index >= 15 is 0 Å². The van der Waals surface area contributed by atoms with E-state index in [0.717, 1.165) is 23.2 Å². The summed E-state index contributed by atoms with van der Waals surface area (Å²) in [7, 11) is 0. The van der Waals surface area contributed by atoms with Gasteiger partial charge in [0.1, 0.15) is 0 Å². The highest BCUT2D eigenvalue weighted by atomic mass is 79.9. The van der Waals surface area contributed by atoms with Gasteiger partial charge in [-0.3, -0.25) is 4.98 Å². The van der Waals surface area contributed by atoms with Gasteiger partial charge in [0.05, 0.1) is 11.9 Å². The first-order chi connectivity index (χ1) is 8.61. The highest BCUT2D eigenvalue weighted by Crippen LogP contribution is 2.18. The van der Waals surface area contributed by atoms with E-state index in [1.165, 1.54) is 17.0 Å². The molecule has 0 unspecified atom stereocenters. The minimum atomic E-state index is 0.831. The monoisotopic (exact) mass is 307 g/mol. The van der Waals surface area contributed by atoms with Crippen LogP contribution in [-0.2, 0) is 13.1 Å². The summed E-state index contributed by atoms with van der Waals surface area (Å²) in [6, 6.07) is 4.28. The van der Waals surface area contributed by atoms with Crippen molar-refractivity contribution in [1.29, 1.82) is 0 Å². The Balaban J connectivity index is 2.11. The molecule has 0 saturated carbocycles. The second-order valence-electron chi connectivity index (χ2n) is 4.39. The quantitative estimate of drug-likeness (QED) is 0.928. The molecule has 2 aromatic rings. The van der Waals surface area contributed by atoms with Crippen molar-refractivity contribution in [2.75, 3.05) is 5.32 Å². The van der Waals surface area contributed by atoms with Gasteiger partial charge < -0.3 is 9.88 Å². The number of anilines is 1. The number of nitrogens with one attached hydrogen (secondary N) is 1. The van der Waals surface area contributed by atoms with Crippen molar-refractivity contribution >= 4 is 21.6 Å². The van der Waals surface area contributed by atoms with Gasteiger partial charge in [-0.2, -0.15) is 0 Å². The first kappa shape index (κ1) is 13.1. The minimum Gasteiger partial charge on any atom is -0.380 e. The topological polar surface area (TPSA) is 29.9 Å². The zero-order valence-electron chi connectivity index (χ0n) is 11.0. The molecule has 2 rings (SSSR count). The average Bonchev–Trinajstić information content (AvgIpc) is 2.61. The lowest BCUT2D eigenvalue weighted by Crippen LogP contribution is -2.03. The highest BCUT2D eigenvalue weighted by Gasteiger charge is 2.07. The standard InChI is InChI=1S/C14H18BrN3/c1-4-18-10(2)5-12(11(18)3)7-17-14-6-13(15)8-16-9-14/h5-6,8-9,17H,4,7H2,1-3H3. The third kappa shape index (κ3) is 2.75. The molecular weight excluding hydrogens is 290 g/mol. The summed E-state index contributed by atoms with van der Waals surface area (Å²) in [6.45, 7) is 8.36. The van der Waals surface area contributed by atoms with Crippen LogP contribution in [0, 0.1) is 13.8 Å². The molecule has 1 N–H and O–H groups in total. The molecule has 0 bridgehead atoms. The molecular formula is C14H18BrN3. The van der Waals surface area contributed by atoms with E-state index < -0.39 is 0 Å². The Hall–Kier alpha value is -1.29. The SMILES string of the molecule is CCn1c(C)cc(CNc2cncc(Br)c2)c1C. The molecule has 0 radical (unpaired) electrons. The number of hydrogen-bond acceptors (Lipinski definition) is 2. The first-order valence-electron chi connectivity index (χ1n) is 6.12. The minimum absolute atomic E-state index is 0.831. The average molecular weight is 308 g/mol. The van der Waals surface area contributed by atoms with E-state index in [9.17, 15) is 0 Å². The zero-order valence-corrected chi connectivity index (χ0v) is 12.6. The summed E-state index contributed by atoms with van der Waals surface area (Å²) < 4.78 is 3.32. The van der Waals surface area contributed by atoms with Crippen LogP contribution in [0.3, 0.4) is 0 Å². The van der Waals surface area contributed by atoms with Gasteiger partial charge in [0.15, 0.2) is 0 Å². The fraction of sp³-hybridized carbons (Fsp3) is 0.357. The molecule has 18 heavy (non-hydrogen) atoms. The molecule has 2 aromatic heterocycles. The van der Waals surface area contributed by atoms with E-state index in [1.54, 1.807) is 6.20 Å². The van der Waals surface area contributed by atoms with E-state index in [0.29, 0.717) is 0 Å².